The lowest BCUT2D eigenvalue weighted by Crippen LogP contribution is -2.08. The molecule has 1 aromatic carbocycles. The zero-order valence-corrected chi connectivity index (χ0v) is 10.0. The van der Waals surface area contributed by atoms with Crippen molar-refractivity contribution < 1.29 is 9.18 Å². The van der Waals surface area contributed by atoms with E-state index in [1.807, 2.05) is 0 Å². The van der Waals surface area contributed by atoms with Gasteiger partial charge in [-0.1, -0.05) is 12.1 Å². The number of carbonyl (C=O) groups is 1. The third-order valence-corrected chi connectivity index (χ3v) is 2.35. The maximum Gasteiger partial charge on any atom is 0.248 e. The monoisotopic (exact) mass is 257 g/mol. The molecule has 96 valence electrons. The van der Waals surface area contributed by atoms with Gasteiger partial charge in [-0.15, -0.1) is 0 Å². The number of hydrogen-bond donors (Lipinski definition) is 2. The molecule has 0 unspecified atom stereocenters. The summed E-state index contributed by atoms with van der Waals surface area (Å²) in [5, 5.41) is 2.63. The highest BCUT2D eigenvalue weighted by atomic mass is 19.1. The van der Waals surface area contributed by atoms with Crippen LogP contribution < -0.4 is 11.1 Å². The second kappa shape index (κ2) is 5.77. The van der Waals surface area contributed by atoms with E-state index in [2.05, 4.69) is 10.3 Å². The van der Waals surface area contributed by atoms with Gasteiger partial charge in [-0.2, -0.15) is 0 Å². The first kappa shape index (κ1) is 12.8. The summed E-state index contributed by atoms with van der Waals surface area (Å²) >= 11 is 0. The molecule has 2 aromatic rings. The second-order valence-corrected chi connectivity index (χ2v) is 3.85. The van der Waals surface area contributed by atoms with Crippen LogP contribution in [0.1, 0.15) is 5.56 Å². The predicted octanol–water partition coefficient (Wildman–Crippen LogP) is 2.45. The fourth-order valence-corrected chi connectivity index (χ4v) is 1.41. The number of anilines is 2. The number of carbonyl (C=O) groups excluding carboxylic acids is 1. The Labute approximate surface area is 109 Å². The lowest BCUT2D eigenvalue weighted by Gasteiger charge is -2.01. The Bertz CT molecular complexity index is 591. The van der Waals surface area contributed by atoms with Crippen molar-refractivity contribution in [2.75, 3.05) is 11.1 Å². The summed E-state index contributed by atoms with van der Waals surface area (Å²) in [7, 11) is 0. The molecule has 1 heterocycles. The summed E-state index contributed by atoms with van der Waals surface area (Å²) in [4.78, 5) is 15.5. The fraction of sp³-hybridized carbons (Fsp3) is 0. The van der Waals surface area contributed by atoms with Gasteiger partial charge >= 0.3 is 0 Å². The van der Waals surface area contributed by atoms with E-state index in [0.29, 0.717) is 11.5 Å². The fourth-order valence-electron chi connectivity index (χ4n) is 1.41. The number of benzene rings is 1. The SMILES string of the molecule is Nc1ccc(NC(=O)/C=C/c2ccc(F)cc2)cn1. The molecule has 0 aliphatic heterocycles. The summed E-state index contributed by atoms with van der Waals surface area (Å²) in [6, 6.07) is 9.10. The Kier molecular flexibility index (Phi) is 3.87. The number of rotatable bonds is 3. The third kappa shape index (κ3) is 3.92. The van der Waals surface area contributed by atoms with Crippen LogP contribution in [0.4, 0.5) is 15.9 Å². The van der Waals surface area contributed by atoms with Crippen molar-refractivity contribution in [3.63, 3.8) is 0 Å². The van der Waals surface area contributed by atoms with Crippen LogP contribution in [0.5, 0.6) is 0 Å². The molecule has 4 nitrogen and oxygen atoms in total. The highest BCUT2D eigenvalue weighted by Gasteiger charge is 1.98. The Morgan fingerprint density at radius 2 is 1.95 bits per heavy atom. The molecule has 0 saturated heterocycles. The van der Waals surface area contributed by atoms with Gasteiger partial charge in [-0.25, -0.2) is 9.37 Å². The largest absolute Gasteiger partial charge is 0.384 e. The van der Waals surface area contributed by atoms with Gasteiger partial charge in [-0.3, -0.25) is 4.79 Å². The molecule has 0 atom stereocenters. The maximum atomic E-state index is 12.7. The molecule has 2 rings (SSSR count). The topological polar surface area (TPSA) is 68.0 Å². The average molecular weight is 257 g/mol. The molecule has 0 radical (unpaired) electrons. The molecule has 0 aliphatic rings. The Morgan fingerprint density at radius 3 is 2.58 bits per heavy atom. The van der Waals surface area contributed by atoms with E-state index < -0.39 is 0 Å². The van der Waals surface area contributed by atoms with Crippen LogP contribution >= 0.6 is 0 Å². The molecule has 1 amide bonds. The van der Waals surface area contributed by atoms with Gasteiger partial charge in [0.25, 0.3) is 0 Å². The minimum Gasteiger partial charge on any atom is -0.384 e. The number of nitrogen functional groups attached to an aromatic ring is 1. The highest BCUT2D eigenvalue weighted by molar-refractivity contribution is 6.01. The number of amides is 1. The van der Waals surface area contributed by atoms with Crippen LogP contribution in [0, 0.1) is 5.82 Å². The Balaban J connectivity index is 1.97. The van der Waals surface area contributed by atoms with E-state index in [0.717, 1.165) is 5.56 Å². The lowest BCUT2D eigenvalue weighted by atomic mass is 10.2. The van der Waals surface area contributed by atoms with Gasteiger partial charge in [0.05, 0.1) is 11.9 Å². The number of halogens is 1. The standard InChI is InChI=1S/C14H12FN3O/c15-11-4-1-10(2-5-11)3-8-14(19)18-12-6-7-13(16)17-9-12/h1-9H,(H2,16,17)(H,18,19)/b8-3+. The first-order valence-electron chi connectivity index (χ1n) is 5.59. The Hall–Kier alpha value is -2.69. The van der Waals surface area contributed by atoms with Crippen molar-refractivity contribution in [1.82, 2.24) is 4.98 Å². The van der Waals surface area contributed by atoms with Gasteiger partial charge in [0.15, 0.2) is 0 Å². The van der Waals surface area contributed by atoms with Crippen molar-refractivity contribution in [3.05, 3.63) is 60.1 Å². The molecular formula is C14H12FN3O. The number of nitrogens with one attached hydrogen (secondary N) is 1. The van der Waals surface area contributed by atoms with Crippen molar-refractivity contribution in [2.24, 2.45) is 0 Å². The molecule has 0 saturated carbocycles. The number of pyridine rings is 1. The summed E-state index contributed by atoms with van der Waals surface area (Å²) in [6.45, 7) is 0. The number of nitrogens with zero attached hydrogens (tertiary/aromatic N) is 1. The summed E-state index contributed by atoms with van der Waals surface area (Å²) in [5.74, 6) is -0.217. The summed E-state index contributed by atoms with van der Waals surface area (Å²) in [5.41, 5.74) is 6.74. The molecule has 0 fully saturated rings. The lowest BCUT2D eigenvalue weighted by molar-refractivity contribution is -0.111. The van der Waals surface area contributed by atoms with Crippen molar-refractivity contribution in [1.29, 1.82) is 0 Å². The van der Waals surface area contributed by atoms with E-state index in [-0.39, 0.29) is 11.7 Å². The van der Waals surface area contributed by atoms with Crippen LogP contribution in [-0.2, 0) is 4.79 Å². The third-order valence-electron chi connectivity index (χ3n) is 2.35. The van der Waals surface area contributed by atoms with Gasteiger partial charge in [0, 0.05) is 6.08 Å². The van der Waals surface area contributed by atoms with E-state index in [9.17, 15) is 9.18 Å². The van der Waals surface area contributed by atoms with Gasteiger partial charge in [0.1, 0.15) is 11.6 Å². The quantitative estimate of drug-likeness (QED) is 0.830. The molecular weight excluding hydrogens is 245 g/mol. The van der Waals surface area contributed by atoms with E-state index in [1.165, 1.54) is 24.4 Å². The number of nitrogens with two attached hydrogens (primary N) is 1. The van der Waals surface area contributed by atoms with Crippen molar-refractivity contribution in [2.45, 2.75) is 0 Å². The van der Waals surface area contributed by atoms with Crippen molar-refractivity contribution in [3.8, 4) is 0 Å². The molecule has 1 aromatic heterocycles. The minimum atomic E-state index is -0.311. The van der Waals surface area contributed by atoms with Crippen LogP contribution in [0.3, 0.4) is 0 Å². The molecule has 0 bridgehead atoms. The molecule has 19 heavy (non-hydrogen) atoms. The van der Waals surface area contributed by atoms with E-state index in [4.69, 9.17) is 5.73 Å². The zero-order chi connectivity index (χ0) is 13.7. The van der Waals surface area contributed by atoms with Crippen LogP contribution in [-0.4, -0.2) is 10.9 Å². The first-order chi connectivity index (χ1) is 9.13. The van der Waals surface area contributed by atoms with E-state index in [1.54, 1.807) is 30.3 Å². The predicted molar refractivity (Wildman–Crippen MR) is 72.7 cm³/mol. The normalized spacial score (nSPS) is 10.6. The summed E-state index contributed by atoms with van der Waals surface area (Å²) < 4.78 is 12.7. The van der Waals surface area contributed by atoms with Gasteiger partial charge in [0.2, 0.25) is 5.91 Å². The number of hydrogen-bond acceptors (Lipinski definition) is 3. The zero-order valence-electron chi connectivity index (χ0n) is 10.0. The second-order valence-electron chi connectivity index (χ2n) is 3.85. The number of aromatic nitrogens is 1. The average Bonchev–Trinajstić information content (AvgIpc) is 2.41. The summed E-state index contributed by atoms with van der Waals surface area (Å²) in [6.07, 6.45) is 4.43. The van der Waals surface area contributed by atoms with Crippen LogP contribution in [0.25, 0.3) is 6.08 Å². The maximum absolute atomic E-state index is 12.7. The molecule has 3 N–H and O–H groups in total. The van der Waals surface area contributed by atoms with E-state index >= 15 is 0 Å². The smallest absolute Gasteiger partial charge is 0.248 e. The minimum absolute atomic E-state index is 0.295. The van der Waals surface area contributed by atoms with Crippen LogP contribution in [0.15, 0.2) is 48.7 Å². The van der Waals surface area contributed by atoms with Gasteiger partial charge in [-0.05, 0) is 35.9 Å². The molecule has 0 spiro atoms. The van der Waals surface area contributed by atoms with Crippen LogP contribution in [0.2, 0.25) is 0 Å². The van der Waals surface area contributed by atoms with Gasteiger partial charge < -0.3 is 11.1 Å². The Morgan fingerprint density at radius 1 is 1.21 bits per heavy atom. The first-order valence-corrected chi connectivity index (χ1v) is 5.59. The molecule has 5 heteroatoms. The highest BCUT2D eigenvalue weighted by Crippen LogP contribution is 2.08. The van der Waals surface area contributed by atoms with Crippen molar-refractivity contribution >= 4 is 23.5 Å². The molecule has 0 aliphatic carbocycles.